The fourth-order valence-electron chi connectivity index (χ4n) is 8.58. The molecule has 10 rings (SSSR count). The second-order valence-corrected chi connectivity index (χ2v) is 15.7. The Bertz CT molecular complexity index is 2520. The van der Waals surface area contributed by atoms with Gasteiger partial charge < -0.3 is 19.9 Å². The van der Waals surface area contributed by atoms with E-state index in [1.54, 1.807) is 0 Å². The van der Waals surface area contributed by atoms with Crippen LogP contribution in [0.5, 0.6) is 0 Å². The van der Waals surface area contributed by atoms with Crippen molar-refractivity contribution in [2.24, 2.45) is 0 Å². The largest absolute Gasteiger partial charge is 0.389 e. The van der Waals surface area contributed by atoms with Gasteiger partial charge in [0.1, 0.15) is 17.2 Å². The van der Waals surface area contributed by atoms with Crippen molar-refractivity contribution in [3.05, 3.63) is 226 Å². The minimum absolute atomic E-state index is 0.0872. The summed E-state index contributed by atoms with van der Waals surface area (Å²) in [4.78, 5) is 26.7. The first-order chi connectivity index (χ1) is 28.6. The number of aliphatic hydroxyl groups excluding tert-OH is 1. The Morgan fingerprint density at radius 2 is 1.09 bits per heavy atom. The van der Waals surface area contributed by atoms with Gasteiger partial charge in [0.05, 0.1) is 18.0 Å². The molecule has 0 amide bonds. The minimum Gasteiger partial charge on any atom is -0.389 e. The Labute approximate surface area is 339 Å². The monoisotopic (exact) mass is 781 g/mol. The van der Waals surface area contributed by atoms with E-state index in [-0.39, 0.29) is 23.6 Å². The van der Waals surface area contributed by atoms with Crippen LogP contribution in [0.3, 0.4) is 0 Å². The zero-order chi connectivity index (χ0) is 39.1. The molecule has 1 fully saturated rings. The predicted octanol–water partition coefficient (Wildman–Crippen LogP) is 8.26. The molecule has 9 nitrogen and oxygen atoms in total. The average Bonchev–Trinajstić information content (AvgIpc) is 3.93. The van der Waals surface area contributed by atoms with Crippen LogP contribution in [-0.4, -0.2) is 48.7 Å². The van der Waals surface area contributed by atoms with Crippen molar-refractivity contribution in [3.8, 4) is 0 Å². The van der Waals surface area contributed by atoms with Crippen LogP contribution < -0.4 is 10.9 Å². The molecule has 58 heavy (non-hydrogen) atoms. The van der Waals surface area contributed by atoms with Gasteiger partial charge in [-0.2, -0.15) is 4.98 Å². The second kappa shape index (κ2) is 14.9. The molecule has 0 unspecified atom stereocenters. The molecule has 0 saturated carbocycles. The molecule has 2 aromatic heterocycles. The molecule has 8 aromatic rings. The fraction of sp³-hybridized carbons (Fsp3) is 0.146. The Kier molecular flexibility index (Phi) is 9.26. The van der Waals surface area contributed by atoms with Crippen LogP contribution in [-0.2, 0) is 20.6 Å². The SMILES string of the molecule is O=c1[nH]c(NC(c2ccccc2)(c2ccccc2)c2ccccc2)nc2c1nc1n2[C@@H]2O[C@H](COC(c3ccccc3)(c3ccccc3)c3ccccc3)[C@@H](O)[C@@H]2S1. The molecule has 4 atom stereocenters. The molecular weight excluding hydrogens is 743 g/mol. The van der Waals surface area contributed by atoms with E-state index >= 15 is 0 Å². The lowest BCUT2D eigenvalue weighted by atomic mass is 9.77. The maximum absolute atomic E-state index is 13.9. The first-order valence-corrected chi connectivity index (χ1v) is 20.2. The van der Waals surface area contributed by atoms with Gasteiger partial charge >= 0.3 is 0 Å². The molecule has 0 spiro atoms. The highest BCUT2D eigenvalue weighted by atomic mass is 32.2. The third kappa shape index (κ3) is 5.95. The van der Waals surface area contributed by atoms with Gasteiger partial charge in [0, 0.05) is 0 Å². The normalized spacial score (nSPS) is 18.8. The summed E-state index contributed by atoms with van der Waals surface area (Å²) < 4.78 is 15.7. The van der Waals surface area contributed by atoms with Crippen molar-refractivity contribution in [1.29, 1.82) is 0 Å². The highest BCUT2D eigenvalue weighted by molar-refractivity contribution is 8.00. The first kappa shape index (κ1) is 36.1. The van der Waals surface area contributed by atoms with Crippen LogP contribution in [0.4, 0.5) is 5.95 Å². The number of benzene rings is 6. The van der Waals surface area contributed by atoms with Crippen molar-refractivity contribution >= 4 is 28.9 Å². The van der Waals surface area contributed by atoms with E-state index in [2.05, 4.69) is 83.1 Å². The lowest BCUT2D eigenvalue weighted by Gasteiger charge is -2.37. The number of H-pyrrole nitrogens is 1. The van der Waals surface area contributed by atoms with E-state index in [9.17, 15) is 9.90 Å². The zero-order valence-corrected chi connectivity index (χ0v) is 32.1. The van der Waals surface area contributed by atoms with Crippen LogP contribution in [0.2, 0.25) is 0 Å². The molecule has 3 N–H and O–H groups in total. The van der Waals surface area contributed by atoms with Crippen molar-refractivity contribution in [2.45, 2.75) is 40.0 Å². The summed E-state index contributed by atoms with van der Waals surface area (Å²) in [5.41, 5.74) is 4.04. The van der Waals surface area contributed by atoms with Crippen LogP contribution in [0, 0.1) is 0 Å². The maximum Gasteiger partial charge on any atom is 0.280 e. The molecular formula is C48H39N5O4S. The van der Waals surface area contributed by atoms with E-state index in [0.717, 1.165) is 33.4 Å². The van der Waals surface area contributed by atoms with Crippen LogP contribution >= 0.6 is 11.8 Å². The molecule has 1 saturated heterocycles. The first-order valence-electron chi connectivity index (χ1n) is 19.3. The Balaban J connectivity index is 1.02. The number of imidazole rings is 1. The average molecular weight is 782 g/mol. The predicted molar refractivity (Wildman–Crippen MR) is 226 cm³/mol. The summed E-state index contributed by atoms with van der Waals surface area (Å²) >= 11 is 1.39. The Morgan fingerprint density at radius 3 is 1.53 bits per heavy atom. The van der Waals surface area contributed by atoms with Gasteiger partial charge in [-0.3, -0.25) is 14.3 Å². The van der Waals surface area contributed by atoms with E-state index < -0.39 is 34.8 Å². The number of nitrogens with zero attached hydrogens (tertiary/aromatic N) is 3. The van der Waals surface area contributed by atoms with E-state index in [1.807, 2.05) is 114 Å². The van der Waals surface area contributed by atoms with Crippen LogP contribution in [0.25, 0.3) is 11.2 Å². The molecule has 0 radical (unpaired) electrons. The van der Waals surface area contributed by atoms with Crippen molar-refractivity contribution in [2.75, 3.05) is 11.9 Å². The highest BCUT2D eigenvalue weighted by Crippen LogP contribution is 2.50. The summed E-state index contributed by atoms with van der Waals surface area (Å²) in [6, 6.07) is 60.8. The molecule has 10 heteroatoms. The van der Waals surface area contributed by atoms with Crippen molar-refractivity contribution in [1.82, 2.24) is 19.5 Å². The zero-order valence-electron chi connectivity index (χ0n) is 31.3. The summed E-state index contributed by atoms with van der Waals surface area (Å²) in [6.45, 7) is 0.0872. The standard InChI is InChI=1S/C48H39N5O4S/c54-40-38(31-56-48(35-25-13-4-14-26-35,36-27-15-5-16-28-36)37-29-17-6-18-30-37)57-44-41(40)58-46-49-39-42(53(44)46)50-45(51-43(39)55)52-47(32-19-7-1-8-20-32,33-21-9-2-10-22-33)34-23-11-3-12-24-34/h1-30,38,40-41,44,54H,31H2,(H2,50,51,52,55)/t38-,40-,41+,44-/m1/s1. The van der Waals surface area contributed by atoms with Gasteiger partial charge in [-0.25, -0.2) is 4.98 Å². The number of hydrogen-bond donors (Lipinski definition) is 3. The molecule has 4 heterocycles. The topological polar surface area (TPSA) is 114 Å². The number of aromatic nitrogens is 4. The lowest BCUT2D eigenvalue weighted by molar-refractivity contribution is -0.0940. The van der Waals surface area contributed by atoms with Gasteiger partial charge in [-0.05, 0) is 33.4 Å². The highest BCUT2D eigenvalue weighted by Gasteiger charge is 2.52. The van der Waals surface area contributed by atoms with Crippen LogP contribution in [0.15, 0.2) is 192 Å². The molecule has 2 aliphatic heterocycles. The number of rotatable bonds is 11. The smallest absolute Gasteiger partial charge is 0.280 e. The third-order valence-corrected chi connectivity index (χ3v) is 12.5. The quantitative estimate of drug-likeness (QED) is 0.113. The Hall–Kier alpha value is -6.30. The second-order valence-electron chi connectivity index (χ2n) is 14.6. The van der Waals surface area contributed by atoms with E-state index in [1.165, 1.54) is 11.8 Å². The molecule has 0 bridgehead atoms. The number of nitrogens with one attached hydrogen (secondary N) is 2. The van der Waals surface area contributed by atoms with Gasteiger partial charge in [0.2, 0.25) is 5.95 Å². The summed E-state index contributed by atoms with van der Waals surface area (Å²) in [7, 11) is 0. The number of aromatic amines is 1. The maximum atomic E-state index is 13.9. The third-order valence-electron chi connectivity index (χ3n) is 11.3. The Morgan fingerprint density at radius 1 is 0.655 bits per heavy atom. The van der Waals surface area contributed by atoms with Gasteiger partial charge in [-0.15, -0.1) is 0 Å². The summed E-state index contributed by atoms with van der Waals surface area (Å²) in [5, 5.41) is 15.8. The molecule has 2 aliphatic rings. The summed E-state index contributed by atoms with van der Waals surface area (Å²) in [5.74, 6) is 0.266. The van der Waals surface area contributed by atoms with E-state index in [0.29, 0.717) is 10.8 Å². The van der Waals surface area contributed by atoms with Crippen molar-refractivity contribution in [3.63, 3.8) is 0 Å². The molecule has 0 aliphatic carbocycles. The molecule has 286 valence electrons. The molecule has 6 aromatic carbocycles. The number of ether oxygens (including phenoxy) is 2. The number of thioether (sulfide) groups is 1. The van der Waals surface area contributed by atoms with Gasteiger partial charge in [0.15, 0.2) is 22.5 Å². The number of aliphatic hydroxyl groups is 1. The minimum atomic E-state index is -0.983. The lowest BCUT2D eigenvalue weighted by Crippen LogP contribution is -2.39. The van der Waals surface area contributed by atoms with E-state index in [4.69, 9.17) is 19.4 Å². The number of fused-ring (bicyclic) bond motifs is 5. The van der Waals surface area contributed by atoms with Gasteiger partial charge in [0.25, 0.3) is 5.56 Å². The van der Waals surface area contributed by atoms with Crippen molar-refractivity contribution < 1.29 is 14.6 Å². The van der Waals surface area contributed by atoms with Crippen LogP contribution in [0.1, 0.15) is 39.6 Å². The van der Waals surface area contributed by atoms with Gasteiger partial charge in [-0.1, -0.05) is 194 Å². The summed E-state index contributed by atoms with van der Waals surface area (Å²) in [6.07, 6.45) is -2.23. The fourth-order valence-corrected chi connectivity index (χ4v) is 9.89. The number of anilines is 1. The number of hydrogen-bond acceptors (Lipinski definition) is 8.